The second-order valence-electron chi connectivity index (χ2n) is 7.62. The highest BCUT2D eigenvalue weighted by molar-refractivity contribution is 7.99. The third kappa shape index (κ3) is 3.42. The average Bonchev–Trinajstić information content (AvgIpc) is 3.45. The van der Waals surface area contributed by atoms with E-state index in [-0.39, 0.29) is 10.6 Å². The molecule has 164 valence electrons. The number of nitrogens with zero attached hydrogens (tertiary/aromatic N) is 5. The van der Waals surface area contributed by atoms with E-state index in [0.29, 0.717) is 28.8 Å². The molecular formula is C21H19N5O4S2. The Bertz CT molecular complexity index is 1480. The first-order valence-corrected chi connectivity index (χ1v) is 12.3. The van der Waals surface area contributed by atoms with E-state index in [4.69, 9.17) is 0 Å². The molecule has 1 aliphatic heterocycles. The molecule has 2 aromatic heterocycles. The van der Waals surface area contributed by atoms with Crippen LogP contribution in [0.15, 0.2) is 63.5 Å². The number of pyridine rings is 1. The zero-order valence-corrected chi connectivity index (χ0v) is 18.8. The van der Waals surface area contributed by atoms with Crippen LogP contribution in [0.25, 0.3) is 16.6 Å². The number of benzene rings is 2. The largest absolute Gasteiger partial charge is 0.284 e. The quantitative estimate of drug-likeness (QED) is 0.320. The Kier molecular flexibility index (Phi) is 5.11. The molecule has 0 unspecified atom stereocenters. The maximum atomic E-state index is 12.9. The fourth-order valence-electron chi connectivity index (χ4n) is 4.00. The summed E-state index contributed by atoms with van der Waals surface area (Å²) in [5.74, 6) is 0. The Balaban J connectivity index is 1.60. The summed E-state index contributed by atoms with van der Waals surface area (Å²) in [6.45, 7) is 2.87. The van der Waals surface area contributed by atoms with Crippen molar-refractivity contribution in [2.75, 3.05) is 13.1 Å². The fraction of sp³-hybridized carbons (Fsp3) is 0.238. The SMILES string of the molecule is Cc1cc2nnc(Sc3ccc(S(=O)(=O)N4CCCC4)cc3[N+](=O)[O-])n2c2ccccc12. The van der Waals surface area contributed by atoms with E-state index in [1.165, 1.54) is 16.4 Å². The summed E-state index contributed by atoms with van der Waals surface area (Å²) in [5, 5.41) is 21.8. The number of fused-ring (bicyclic) bond motifs is 3. The normalized spacial score (nSPS) is 15.0. The maximum absolute atomic E-state index is 12.9. The van der Waals surface area contributed by atoms with Gasteiger partial charge in [-0.2, -0.15) is 4.31 Å². The molecule has 11 heteroatoms. The van der Waals surface area contributed by atoms with Crippen LogP contribution in [-0.2, 0) is 10.0 Å². The smallest absolute Gasteiger partial charge is 0.270 e. The summed E-state index contributed by atoms with van der Waals surface area (Å²) >= 11 is 1.09. The minimum atomic E-state index is -3.76. The van der Waals surface area contributed by atoms with E-state index < -0.39 is 14.9 Å². The predicted molar refractivity (Wildman–Crippen MR) is 120 cm³/mol. The first-order chi connectivity index (χ1) is 15.4. The molecule has 1 saturated heterocycles. The molecule has 0 aliphatic carbocycles. The molecule has 0 bridgehead atoms. The molecule has 0 atom stereocenters. The van der Waals surface area contributed by atoms with Crippen LogP contribution in [0.3, 0.4) is 0 Å². The molecule has 4 aromatic rings. The van der Waals surface area contributed by atoms with Crippen LogP contribution in [0.5, 0.6) is 0 Å². The Morgan fingerprint density at radius 2 is 1.81 bits per heavy atom. The summed E-state index contributed by atoms with van der Waals surface area (Å²) in [6.07, 6.45) is 1.59. The van der Waals surface area contributed by atoms with E-state index in [0.717, 1.165) is 47.1 Å². The molecule has 0 radical (unpaired) electrons. The zero-order valence-electron chi connectivity index (χ0n) is 17.1. The van der Waals surface area contributed by atoms with Crippen LogP contribution >= 0.6 is 11.8 Å². The van der Waals surface area contributed by atoms with Crippen molar-refractivity contribution in [3.63, 3.8) is 0 Å². The number of aryl methyl sites for hydroxylation is 1. The number of aromatic nitrogens is 3. The van der Waals surface area contributed by atoms with Crippen LogP contribution < -0.4 is 0 Å². The molecule has 1 fully saturated rings. The van der Waals surface area contributed by atoms with Crippen molar-refractivity contribution in [1.82, 2.24) is 18.9 Å². The van der Waals surface area contributed by atoms with Gasteiger partial charge in [0.05, 0.1) is 20.2 Å². The van der Waals surface area contributed by atoms with Crippen LogP contribution in [0.4, 0.5) is 5.69 Å². The Labute approximate surface area is 188 Å². The number of hydrogen-bond acceptors (Lipinski definition) is 7. The van der Waals surface area contributed by atoms with Gasteiger partial charge in [-0.3, -0.25) is 14.5 Å². The minimum Gasteiger partial charge on any atom is -0.270 e. The topological polar surface area (TPSA) is 111 Å². The summed E-state index contributed by atoms with van der Waals surface area (Å²) in [4.78, 5) is 11.5. The number of rotatable bonds is 5. The van der Waals surface area contributed by atoms with Gasteiger partial charge in [0.2, 0.25) is 15.2 Å². The molecule has 3 heterocycles. The molecule has 0 saturated carbocycles. The van der Waals surface area contributed by atoms with Crippen LogP contribution in [0.2, 0.25) is 0 Å². The standard InChI is InChI=1S/C21H19N5O4S2/c1-14-12-20-22-23-21(25(20)17-7-3-2-6-16(14)17)31-19-9-8-15(13-18(19)26(27)28)32(29,30)24-10-4-5-11-24/h2-3,6-9,12-13H,4-5,10-11H2,1H3. The van der Waals surface area contributed by atoms with E-state index in [1.807, 2.05) is 41.7 Å². The van der Waals surface area contributed by atoms with Crippen LogP contribution in [0.1, 0.15) is 18.4 Å². The third-order valence-electron chi connectivity index (χ3n) is 5.60. The third-order valence-corrected chi connectivity index (χ3v) is 8.51. The van der Waals surface area contributed by atoms with E-state index >= 15 is 0 Å². The highest BCUT2D eigenvalue weighted by atomic mass is 32.2. The summed E-state index contributed by atoms with van der Waals surface area (Å²) < 4.78 is 28.9. The van der Waals surface area contributed by atoms with Crippen molar-refractivity contribution in [3.8, 4) is 0 Å². The minimum absolute atomic E-state index is 0.0670. The fourth-order valence-corrected chi connectivity index (χ4v) is 6.48. The monoisotopic (exact) mass is 469 g/mol. The highest BCUT2D eigenvalue weighted by Crippen LogP contribution is 2.37. The number of hydrogen-bond donors (Lipinski definition) is 0. The van der Waals surface area contributed by atoms with Gasteiger partial charge in [0.1, 0.15) is 0 Å². The Hall–Kier alpha value is -3.02. The molecular weight excluding hydrogens is 450 g/mol. The van der Waals surface area contributed by atoms with Gasteiger partial charge in [0.25, 0.3) is 5.69 Å². The van der Waals surface area contributed by atoms with Crippen molar-refractivity contribution in [3.05, 3.63) is 64.2 Å². The lowest BCUT2D eigenvalue weighted by Crippen LogP contribution is -2.27. The molecule has 0 spiro atoms. The maximum Gasteiger partial charge on any atom is 0.284 e. The van der Waals surface area contributed by atoms with Gasteiger partial charge in [0, 0.05) is 24.5 Å². The molecule has 0 amide bonds. The van der Waals surface area contributed by atoms with Gasteiger partial charge in [-0.25, -0.2) is 8.42 Å². The number of para-hydroxylation sites is 1. The summed E-state index contributed by atoms with van der Waals surface area (Å²) in [5.41, 5.74) is 2.31. The number of sulfonamides is 1. The highest BCUT2D eigenvalue weighted by Gasteiger charge is 2.30. The second-order valence-corrected chi connectivity index (χ2v) is 10.6. The van der Waals surface area contributed by atoms with Gasteiger partial charge >= 0.3 is 0 Å². The van der Waals surface area contributed by atoms with Gasteiger partial charge in [-0.1, -0.05) is 18.2 Å². The molecule has 2 aromatic carbocycles. The Morgan fingerprint density at radius 3 is 2.56 bits per heavy atom. The summed E-state index contributed by atoms with van der Waals surface area (Å²) in [7, 11) is -3.76. The van der Waals surface area contributed by atoms with Crippen molar-refractivity contribution in [1.29, 1.82) is 0 Å². The Morgan fingerprint density at radius 1 is 1.06 bits per heavy atom. The van der Waals surface area contributed by atoms with Gasteiger partial charge < -0.3 is 0 Å². The molecule has 0 N–H and O–H groups in total. The zero-order chi connectivity index (χ0) is 22.5. The molecule has 1 aliphatic rings. The van der Waals surface area contributed by atoms with Gasteiger partial charge in [-0.15, -0.1) is 10.2 Å². The van der Waals surface area contributed by atoms with Crippen molar-refractivity contribution < 1.29 is 13.3 Å². The first kappa shape index (κ1) is 20.9. The lowest BCUT2D eigenvalue weighted by Gasteiger charge is -2.15. The lowest BCUT2D eigenvalue weighted by molar-refractivity contribution is -0.388. The second kappa shape index (κ2) is 7.84. The number of nitro benzene ring substituents is 1. The first-order valence-electron chi connectivity index (χ1n) is 10.1. The van der Waals surface area contributed by atoms with Crippen molar-refractivity contribution in [2.45, 2.75) is 34.7 Å². The van der Waals surface area contributed by atoms with E-state index in [1.54, 1.807) is 0 Å². The number of nitro groups is 1. The lowest BCUT2D eigenvalue weighted by atomic mass is 10.1. The summed E-state index contributed by atoms with van der Waals surface area (Å²) in [6, 6.07) is 13.8. The molecule has 9 nitrogen and oxygen atoms in total. The average molecular weight is 470 g/mol. The van der Waals surface area contributed by atoms with Crippen LogP contribution in [-0.4, -0.2) is 45.3 Å². The van der Waals surface area contributed by atoms with E-state index in [2.05, 4.69) is 10.2 Å². The van der Waals surface area contributed by atoms with E-state index in [9.17, 15) is 18.5 Å². The van der Waals surface area contributed by atoms with Gasteiger partial charge in [0.15, 0.2) is 5.65 Å². The van der Waals surface area contributed by atoms with Gasteiger partial charge in [-0.05, 0) is 61.4 Å². The molecule has 5 rings (SSSR count). The van der Waals surface area contributed by atoms with Crippen LogP contribution in [0, 0.1) is 17.0 Å². The predicted octanol–water partition coefficient (Wildman–Crippen LogP) is 4.03. The van der Waals surface area contributed by atoms with Crippen molar-refractivity contribution >= 4 is 44.0 Å². The molecule has 32 heavy (non-hydrogen) atoms. The van der Waals surface area contributed by atoms with Crippen molar-refractivity contribution in [2.24, 2.45) is 0 Å².